The van der Waals surface area contributed by atoms with E-state index in [0.29, 0.717) is 51.8 Å². The number of methoxy groups -OCH3 is 1. The van der Waals surface area contributed by atoms with E-state index in [0.717, 1.165) is 99.7 Å². The molecule has 3 aromatic carbocycles. The molecule has 4 heterocycles. The summed E-state index contributed by atoms with van der Waals surface area (Å²) < 4.78 is 25.5. The maximum Gasteiger partial charge on any atom is 0.255 e. The van der Waals surface area contributed by atoms with Crippen LogP contribution in [-0.2, 0) is 27.1 Å². The van der Waals surface area contributed by atoms with Crippen LogP contribution in [0.25, 0.3) is 0 Å². The molecule has 1 spiro atoms. The maximum absolute atomic E-state index is 13.3. The van der Waals surface area contributed by atoms with Gasteiger partial charge in [0.1, 0.15) is 29.9 Å². The number of carbonyl (C=O) groups is 3. The van der Waals surface area contributed by atoms with Gasteiger partial charge in [-0.15, -0.1) is 0 Å². The molecule has 64 heavy (non-hydrogen) atoms. The van der Waals surface area contributed by atoms with Crippen molar-refractivity contribution >= 4 is 71.0 Å². The Kier molecular flexibility index (Phi) is 13.6. The number of aldehydes is 1. The van der Waals surface area contributed by atoms with Crippen molar-refractivity contribution in [1.29, 1.82) is 0 Å². The smallest absolute Gasteiger partial charge is 0.255 e. The van der Waals surface area contributed by atoms with Gasteiger partial charge in [0.05, 0.1) is 43.4 Å². The molecule has 8 rings (SSSR count). The normalized spacial score (nSPS) is 18.3. The van der Waals surface area contributed by atoms with Crippen LogP contribution in [-0.4, -0.2) is 110 Å². The topological polar surface area (TPSA) is 158 Å². The van der Waals surface area contributed by atoms with E-state index < -0.39 is 13.2 Å². The minimum absolute atomic E-state index is 0.0839. The molecule has 4 aromatic rings. The quantitative estimate of drug-likeness (QED) is 0.0742. The van der Waals surface area contributed by atoms with Crippen molar-refractivity contribution in [2.45, 2.75) is 89.4 Å². The van der Waals surface area contributed by atoms with E-state index in [4.69, 9.17) is 26.1 Å². The highest BCUT2D eigenvalue weighted by Gasteiger charge is 2.48. The van der Waals surface area contributed by atoms with Crippen molar-refractivity contribution in [3.63, 3.8) is 0 Å². The Morgan fingerprint density at radius 1 is 1.02 bits per heavy atom. The van der Waals surface area contributed by atoms with E-state index >= 15 is 0 Å². The summed E-state index contributed by atoms with van der Waals surface area (Å²) >= 11 is 6.54. The van der Waals surface area contributed by atoms with Crippen molar-refractivity contribution in [1.82, 2.24) is 25.1 Å². The Hall–Kier alpha value is -5.17. The third-order valence-electron chi connectivity index (χ3n) is 13.7. The van der Waals surface area contributed by atoms with E-state index in [1.807, 2.05) is 36.4 Å². The van der Waals surface area contributed by atoms with Gasteiger partial charge in [-0.2, -0.15) is 4.98 Å². The molecule has 14 nitrogen and oxygen atoms in total. The molecule has 1 unspecified atom stereocenters. The van der Waals surface area contributed by atoms with Crippen LogP contribution in [0.4, 0.5) is 28.8 Å². The number of amides is 2. The van der Waals surface area contributed by atoms with Crippen LogP contribution in [0, 0.1) is 5.41 Å². The number of rotatable bonds is 16. The van der Waals surface area contributed by atoms with E-state index in [9.17, 15) is 18.9 Å². The molecule has 0 radical (unpaired) electrons. The molecule has 0 bridgehead atoms. The number of piperidine rings is 1. The summed E-state index contributed by atoms with van der Waals surface area (Å²) in [5, 5.41) is 10.3. The summed E-state index contributed by atoms with van der Waals surface area (Å²) in [7, 11) is 0.683. The first kappa shape index (κ1) is 45.4. The van der Waals surface area contributed by atoms with Crippen LogP contribution >= 0.6 is 18.7 Å². The van der Waals surface area contributed by atoms with Crippen molar-refractivity contribution < 1.29 is 28.4 Å². The second kappa shape index (κ2) is 19.1. The molecule has 2 saturated heterocycles. The highest BCUT2D eigenvalue weighted by molar-refractivity contribution is 7.70. The fourth-order valence-corrected chi connectivity index (χ4v) is 11.3. The number of nitrogens with one attached hydrogen (secondary N) is 3. The summed E-state index contributed by atoms with van der Waals surface area (Å²) in [5.41, 5.74) is 5.59. The average molecular weight is 911 g/mol. The van der Waals surface area contributed by atoms with Crippen LogP contribution in [0.2, 0.25) is 5.02 Å². The number of para-hydroxylation sites is 1. The van der Waals surface area contributed by atoms with Crippen LogP contribution in [0.15, 0.2) is 60.8 Å². The van der Waals surface area contributed by atoms with Crippen molar-refractivity contribution in [3.8, 4) is 11.5 Å². The summed E-state index contributed by atoms with van der Waals surface area (Å²) in [5.74, 6) is 1.85. The molecule has 4 aliphatic rings. The minimum atomic E-state index is -2.56. The zero-order chi connectivity index (χ0) is 45.2. The predicted octanol–water partition coefficient (Wildman–Crippen LogP) is 7.78. The number of carbonyl (C=O) groups excluding carboxylic acids is 3. The van der Waals surface area contributed by atoms with Gasteiger partial charge in [-0.05, 0) is 106 Å². The third-order valence-corrected chi connectivity index (χ3v) is 15.5. The molecule has 1 atom stereocenters. The number of benzene rings is 3. The zero-order valence-corrected chi connectivity index (χ0v) is 39.1. The number of hydrogen-bond acceptors (Lipinski definition) is 12. The van der Waals surface area contributed by atoms with Crippen LogP contribution in [0.3, 0.4) is 0 Å². The van der Waals surface area contributed by atoms with Crippen LogP contribution in [0.1, 0.15) is 79.8 Å². The molecule has 340 valence electrons. The second-order valence-electron chi connectivity index (χ2n) is 18.1. The lowest BCUT2D eigenvalue weighted by molar-refractivity contribution is -0.121. The molecule has 1 aromatic heterocycles. The zero-order valence-electron chi connectivity index (χ0n) is 37.5. The van der Waals surface area contributed by atoms with Gasteiger partial charge in [-0.1, -0.05) is 36.7 Å². The number of likely N-dealkylation sites (tertiary alicyclic amines) is 1. The molecule has 3 N–H and O–H groups in total. The molecule has 3 fully saturated rings. The largest absolute Gasteiger partial charge is 0.494 e. The number of anilines is 5. The number of halogens is 1. The molecule has 1 saturated carbocycles. The lowest BCUT2D eigenvalue weighted by Gasteiger charge is -2.57. The van der Waals surface area contributed by atoms with E-state index in [2.05, 4.69) is 49.8 Å². The summed E-state index contributed by atoms with van der Waals surface area (Å²) in [6, 6.07) is 17.2. The van der Waals surface area contributed by atoms with E-state index in [1.165, 1.54) is 11.3 Å². The fourth-order valence-electron chi connectivity index (χ4n) is 10.0. The third kappa shape index (κ3) is 9.60. The monoisotopic (exact) mass is 910 g/mol. The van der Waals surface area contributed by atoms with Crippen LogP contribution < -0.4 is 35.6 Å². The average Bonchev–Trinajstić information content (AvgIpc) is 3.63. The minimum Gasteiger partial charge on any atom is -0.494 e. The summed E-state index contributed by atoms with van der Waals surface area (Å²) in [4.78, 5) is 53.1. The van der Waals surface area contributed by atoms with Crippen LogP contribution in [0.5, 0.6) is 11.5 Å². The highest BCUT2D eigenvalue weighted by Crippen LogP contribution is 2.47. The molecule has 3 aliphatic heterocycles. The van der Waals surface area contributed by atoms with Gasteiger partial charge in [-0.25, -0.2) is 4.98 Å². The lowest BCUT2D eigenvalue weighted by Crippen LogP contribution is -2.62. The lowest BCUT2D eigenvalue weighted by atomic mass is 9.67. The Labute approximate surface area is 381 Å². The number of aromatic nitrogens is 2. The fraction of sp³-hybridized carbons (Fsp3) is 0.479. The molecule has 1 aliphatic carbocycles. The number of aryl methyl sites for hydroxylation is 1. The van der Waals surface area contributed by atoms with Crippen molar-refractivity contribution in [2.75, 3.05) is 69.2 Å². The predicted molar refractivity (Wildman–Crippen MR) is 253 cm³/mol. The molecular formula is C48H60ClN8O6P. The highest BCUT2D eigenvalue weighted by atomic mass is 35.5. The summed E-state index contributed by atoms with van der Waals surface area (Å²) in [6.07, 6.45) is 10.1. The Balaban J connectivity index is 0.838. The first-order valence-electron chi connectivity index (χ1n) is 22.5. The van der Waals surface area contributed by atoms with Gasteiger partial charge in [0.25, 0.3) is 5.91 Å². The number of fused-ring (bicyclic) bond motifs is 1. The molecule has 16 heteroatoms. The number of nitrogens with zero attached hydrogens (tertiary/aromatic N) is 5. The van der Waals surface area contributed by atoms with Gasteiger partial charge in [-0.3, -0.25) is 14.5 Å². The molecular weight excluding hydrogens is 851 g/mol. The van der Waals surface area contributed by atoms with Gasteiger partial charge in [0.15, 0.2) is 5.82 Å². The Morgan fingerprint density at radius 2 is 1.77 bits per heavy atom. The van der Waals surface area contributed by atoms with Gasteiger partial charge < -0.3 is 44.6 Å². The van der Waals surface area contributed by atoms with Crippen molar-refractivity contribution in [3.05, 3.63) is 82.5 Å². The second-order valence-corrected chi connectivity index (χ2v) is 21.7. The van der Waals surface area contributed by atoms with E-state index in [1.54, 1.807) is 44.7 Å². The number of ether oxygens (including phenoxy) is 2. The van der Waals surface area contributed by atoms with Gasteiger partial charge >= 0.3 is 0 Å². The maximum atomic E-state index is 13.3. The standard InChI is InChI=1S/C48H60ClN8O6P/c1-6-31-24-39(53-47-51-26-37(49)45(54-47)52-38-11-7-8-13-43(38)64(4,5)61)42(62-3)25-40(31)55-22-18-32(19-23-55)56-29-48(30-56)20-16-34(17-21-48)63-41-12-9-10-35-36(41)27-57(46(35)60)33(28-58)14-15-44(59)50-2/h7-13,24-26,28,32-34H,6,14-23,27,29-30H2,1-5H3,(H,50,59)(H2,51,52,53,54). The Morgan fingerprint density at radius 3 is 2.45 bits per heavy atom. The number of hydrogen-bond donors (Lipinski definition) is 3. The SMILES string of the molecule is CCc1cc(Nc2ncc(Cl)c(Nc3ccccc3P(C)(C)=O)n2)c(OC)cc1N1CCC(N2CC3(CCC(Oc4cccc5c4CN(C(C=O)CCC(=O)NC)C5=O)CC3)C2)CC1. The first-order valence-corrected chi connectivity index (χ1v) is 25.5. The first-order chi connectivity index (χ1) is 30.8. The van der Waals surface area contributed by atoms with E-state index in [-0.39, 0.29) is 30.8 Å². The van der Waals surface area contributed by atoms with Gasteiger partial charge in [0, 0.05) is 73.9 Å². The van der Waals surface area contributed by atoms with Gasteiger partial charge in [0.2, 0.25) is 11.9 Å². The van der Waals surface area contributed by atoms with Crippen molar-refractivity contribution in [2.24, 2.45) is 5.41 Å². The molecule has 2 amide bonds. The Bertz CT molecular complexity index is 2420. The summed E-state index contributed by atoms with van der Waals surface area (Å²) in [6.45, 7) is 10.1.